The third-order valence-corrected chi connectivity index (χ3v) is 6.61. The topological polar surface area (TPSA) is 95.9 Å². The van der Waals surface area contributed by atoms with Crippen LogP contribution in [0.25, 0.3) is 11.5 Å². The molecule has 1 amide bonds. The van der Waals surface area contributed by atoms with E-state index in [-0.39, 0.29) is 5.91 Å². The average molecular weight is 464 g/mol. The summed E-state index contributed by atoms with van der Waals surface area (Å²) in [7, 11) is 0. The smallest absolute Gasteiger partial charge is 0.253 e. The molecule has 0 radical (unpaired) electrons. The molecule has 4 aromatic rings. The number of hydrogen-bond donors (Lipinski definition) is 0. The monoisotopic (exact) mass is 463 g/mol. The van der Waals surface area contributed by atoms with Gasteiger partial charge in [0.15, 0.2) is 0 Å². The molecular weight excluding hydrogens is 438 g/mol. The Morgan fingerprint density at radius 2 is 1.91 bits per heavy atom. The third kappa shape index (κ3) is 4.97. The molecule has 2 aromatic heterocycles. The van der Waals surface area contributed by atoms with Crippen LogP contribution in [0.1, 0.15) is 57.3 Å². The fraction of sp³-hybridized carbons (Fsp3) is 0.250. The maximum Gasteiger partial charge on any atom is 0.253 e. The van der Waals surface area contributed by atoms with Crippen molar-refractivity contribution in [3.63, 3.8) is 0 Å². The van der Waals surface area contributed by atoms with Crippen molar-refractivity contribution in [3.05, 3.63) is 101 Å². The van der Waals surface area contributed by atoms with Gasteiger partial charge in [-0.3, -0.25) is 9.78 Å². The highest BCUT2D eigenvalue weighted by Crippen LogP contribution is 2.29. The first-order valence-corrected chi connectivity index (χ1v) is 11.7. The lowest BCUT2D eigenvalue weighted by Crippen LogP contribution is -2.38. The van der Waals surface area contributed by atoms with Gasteiger partial charge in [0.1, 0.15) is 0 Å². The summed E-state index contributed by atoms with van der Waals surface area (Å²) in [5.41, 5.74) is 5.42. The Kier molecular flexibility index (Phi) is 6.36. The van der Waals surface area contributed by atoms with Crippen molar-refractivity contribution in [1.29, 1.82) is 5.26 Å². The molecule has 0 unspecified atom stereocenters. The number of pyridine rings is 1. The Hall–Kier alpha value is -4.31. The number of nitriles is 1. The fourth-order valence-electron chi connectivity index (χ4n) is 4.52. The predicted molar refractivity (Wildman–Crippen MR) is 131 cm³/mol. The summed E-state index contributed by atoms with van der Waals surface area (Å²) in [6.45, 7) is 3.45. The first kappa shape index (κ1) is 22.5. The minimum atomic E-state index is 0.0473. The molecule has 7 heteroatoms. The Morgan fingerprint density at radius 3 is 2.63 bits per heavy atom. The second kappa shape index (κ2) is 9.90. The zero-order valence-electron chi connectivity index (χ0n) is 19.5. The number of amides is 1. The normalized spacial score (nSPS) is 14.0. The fourth-order valence-corrected chi connectivity index (χ4v) is 4.52. The number of carbonyl (C=O) groups is 1. The molecule has 1 saturated heterocycles. The van der Waals surface area contributed by atoms with Crippen molar-refractivity contribution in [2.45, 2.75) is 32.1 Å². The van der Waals surface area contributed by atoms with Gasteiger partial charge in [-0.25, -0.2) is 0 Å². The second-order valence-electron chi connectivity index (χ2n) is 8.86. The summed E-state index contributed by atoms with van der Waals surface area (Å²) in [6.07, 6.45) is 5.67. The van der Waals surface area contributed by atoms with Gasteiger partial charge >= 0.3 is 0 Å². The van der Waals surface area contributed by atoms with Crippen LogP contribution in [-0.4, -0.2) is 39.1 Å². The van der Waals surface area contributed by atoms with Gasteiger partial charge in [0.05, 0.1) is 23.6 Å². The summed E-state index contributed by atoms with van der Waals surface area (Å²) in [6, 6.07) is 19.5. The van der Waals surface area contributed by atoms with Crippen molar-refractivity contribution < 1.29 is 9.21 Å². The zero-order chi connectivity index (χ0) is 24.2. The molecule has 1 aliphatic rings. The summed E-state index contributed by atoms with van der Waals surface area (Å²) >= 11 is 0. The maximum atomic E-state index is 13.3. The number of carbonyl (C=O) groups excluding carboxylic acids is 1. The number of benzene rings is 2. The van der Waals surface area contributed by atoms with Gasteiger partial charge < -0.3 is 9.32 Å². The Bertz CT molecular complexity index is 1360. The third-order valence-electron chi connectivity index (χ3n) is 6.61. The second-order valence-corrected chi connectivity index (χ2v) is 8.86. The molecule has 7 nitrogen and oxygen atoms in total. The predicted octanol–water partition coefficient (Wildman–Crippen LogP) is 4.92. The molecule has 0 N–H and O–H groups in total. The maximum absolute atomic E-state index is 13.3. The van der Waals surface area contributed by atoms with Gasteiger partial charge in [-0.15, -0.1) is 10.2 Å². The van der Waals surface area contributed by atoms with Gasteiger partial charge in [-0.1, -0.05) is 18.2 Å². The molecule has 0 saturated carbocycles. The molecule has 0 aliphatic carbocycles. The summed E-state index contributed by atoms with van der Waals surface area (Å²) in [5.74, 6) is 1.39. The zero-order valence-corrected chi connectivity index (χ0v) is 19.5. The molecular formula is C28H25N5O2. The van der Waals surface area contributed by atoms with Crippen molar-refractivity contribution in [1.82, 2.24) is 20.1 Å². The van der Waals surface area contributed by atoms with E-state index in [9.17, 15) is 4.79 Å². The van der Waals surface area contributed by atoms with E-state index in [1.54, 1.807) is 12.4 Å². The van der Waals surface area contributed by atoms with Crippen molar-refractivity contribution >= 4 is 5.91 Å². The highest BCUT2D eigenvalue weighted by atomic mass is 16.4. The van der Waals surface area contributed by atoms with Gasteiger partial charge in [-0.2, -0.15) is 5.26 Å². The van der Waals surface area contributed by atoms with Gasteiger partial charge in [0, 0.05) is 31.0 Å². The largest absolute Gasteiger partial charge is 0.420 e. The molecule has 3 heterocycles. The van der Waals surface area contributed by atoms with E-state index in [1.165, 1.54) is 5.56 Å². The lowest BCUT2D eigenvalue weighted by atomic mass is 9.88. The molecule has 35 heavy (non-hydrogen) atoms. The number of nitrogens with zero attached hydrogens (tertiary/aromatic N) is 5. The average Bonchev–Trinajstić information content (AvgIpc) is 3.39. The van der Waals surface area contributed by atoms with Gasteiger partial charge in [0.2, 0.25) is 11.8 Å². The lowest BCUT2D eigenvalue weighted by Gasteiger charge is -2.32. The van der Waals surface area contributed by atoms with Crippen LogP contribution in [0.5, 0.6) is 0 Å². The van der Waals surface area contributed by atoms with Crippen LogP contribution >= 0.6 is 0 Å². The minimum Gasteiger partial charge on any atom is -0.420 e. The van der Waals surface area contributed by atoms with Crippen LogP contribution in [0.4, 0.5) is 0 Å². The van der Waals surface area contributed by atoms with Crippen molar-refractivity contribution in [2.75, 3.05) is 13.1 Å². The van der Waals surface area contributed by atoms with E-state index >= 15 is 0 Å². The first-order valence-electron chi connectivity index (χ1n) is 11.7. The number of piperidine rings is 1. The molecule has 1 fully saturated rings. The van der Waals surface area contributed by atoms with Crippen molar-refractivity contribution in [2.24, 2.45) is 0 Å². The molecule has 5 rings (SSSR count). The number of likely N-dealkylation sites (tertiary alicyclic amines) is 1. The molecule has 174 valence electrons. The SMILES string of the molecule is Cc1ccc(C(=O)N2CCC(c3ccc(C#N)cc3)CC2)cc1Cc1nnc(-c2cccnc2)o1. The Labute approximate surface area is 204 Å². The number of aryl methyl sites for hydroxylation is 1. The number of aromatic nitrogens is 3. The highest BCUT2D eigenvalue weighted by molar-refractivity contribution is 5.94. The standard InChI is InChI=1S/C28H25N5O2/c1-19-4-7-23(15-25(19)16-26-31-32-27(35-26)24-3-2-12-30-18-24)28(34)33-13-10-22(11-14-33)21-8-5-20(17-29)6-9-21/h2-9,12,15,18,22H,10-11,13-14,16H2,1H3. The Balaban J connectivity index is 1.25. The highest BCUT2D eigenvalue weighted by Gasteiger charge is 2.25. The Morgan fingerprint density at radius 1 is 1.11 bits per heavy atom. The molecule has 0 bridgehead atoms. The van der Waals surface area contributed by atoms with Crippen LogP contribution in [0.2, 0.25) is 0 Å². The van der Waals surface area contributed by atoms with E-state index in [2.05, 4.69) is 21.3 Å². The van der Waals surface area contributed by atoms with Crippen LogP contribution in [-0.2, 0) is 6.42 Å². The number of rotatable bonds is 5. The van der Waals surface area contributed by atoms with E-state index in [4.69, 9.17) is 9.68 Å². The van der Waals surface area contributed by atoms with Crippen LogP contribution in [0.3, 0.4) is 0 Å². The van der Waals surface area contributed by atoms with Crippen molar-refractivity contribution in [3.8, 4) is 17.5 Å². The van der Waals surface area contributed by atoms with E-state index in [0.29, 0.717) is 48.3 Å². The summed E-state index contributed by atoms with van der Waals surface area (Å²) in [4.78, 5) is 19.3. The molecule has 1 aliphatic heterocycles. The van der Waals surface area contributed by atoms with Crippen LogP contribution in [0, 0.1) is 18.3 Å². The molecule has 2 aromatic carbocycles. The van der Waals surface area contributed by atoms with Crippen LogP contribution in [0.15, 0.2) is 71.4 Å². The molecule has 0 spiro atoms. The van der Waals surface area contributed by atoms with E-state index in [1.807, 2.05) is 66.4 Å². The first-order chi connectivity index (χ1) is 17.1. The minimum absolute atomic E-state index is 0.0473. The molecule has 0 atom stereocenters. The number of hydrogen-bond acceptors (Lipinski definition) is 6. The lowest BCUT2D eigenvalue weighted by molar-refractivity contribution is 0.0713. The summed E-state index contributed by atoms with van der Waals surface area (Å²) in [5, 5.41) is 17.3. The van der Waals surface area contributed by atoms with E-state index in [0.717, 1.165) is 29.5 Å². The quantitative estimate of drug-likeness (QED) is 0.417. The van der Waals surface area contributed by atoms with Gasteiger partial charge in [-0.05, 0) is 78.8 Å². The van der Waals surface area contributed by atoms with Gasteiger partial charge in [0.25, 0.3) is 5.91 Å². The summed E-state index contributed by atoms with van der Waals surface area (Å²) < 4.78 is 5.84. The van der Waals surface area contributed by atoms with E-state index < -0.39 is 0 Å². The van der Waals surface area contributed by atoms with Crippen LogP contribution < -0.4 is 0 Å².